The number of allylic oxidation sites excluding steroid dienone is 2. The van der Waals surface area contributed by atoms with Crippen LogP contribution in [0.2, 0.25) is 36.3 Å². The first-order chi connectivity index (χ1) is 14.7. The number of rotatable bonds is 2. The monoisotopic (exact) mass is 468 g/mol. The van der Waals surface area contributed by atoms with Crippen molar-refractivity contribution in [2.75, 3.05) is 0 Å². The summed E-state index contributed by atoms with van der Waals surface area (Å²) in [5.74, 6) is 9.12. The normalized spacial score (nSPS) is 20.6. The molecule has 2 aliphatic rings. The molecular weight excluding hydrogens is 417 g/mol. The van der Waals surface area contributed by atoms with E-state index in [1.54, 1.807) is 0 Å². The molecular formula is C30H52Si2. The van der Waals surface area contributed by atoms with E-state index in [1.165, 1.54) is 75.4 Å². The minimum Gasteiger partial charge on any atom is -0.126 e. The van der Waals surface area contributed by atoms with Gasteiger partial charge in [0.05, 0.1) is 0 Å². The lowest BCUT2D eigenvalue weighted by Crippen LogP contribution is -2.36. The third-order valence-corrected chi connectivity index (χ3v) is 18.1. The minimum absolute atomic E-state index is 0.301. The van der Waals surface area contributed by atoms with E-state index in [4.69, 9.17) is 0 Å². The van der Waals surface area contributed by atoms with Gasteiger partial charge >= 0.3 is 0 Å². The molecule has 2 saturated carbocycles. The fraction of sp³-hybridized carbons (Fsp3) is 0.800. The van der Waals surface area contributed by atoms with Crippen molar-refractivity contribution >= 4 is 16.1 Å². The van der Waals surface area contributed by atoms with Crippen molar-refractivity contribution < 1.29 is 0 Å². The molecule has 0 atom stereocenters. The van der Waals surface area contributed by atoms with Gasteiger partial charge in [0.1, 0.15) is 16.1 Å². The van der Waals surface area contributed by atoms with Gasteiger partial charge in [-0.15, -0.1) is 11.1 Å². The van der Waals surface area contributed by atoms with Crippen LogP contribution in [0.4, 0.5) is 0 Å². The first-order valence-corrected chi connectivity index (χ1v) is 19.5. The fourth-order valence-electron chi connectivity index (χ4n) is 4.38. The predicted molar refractivity (Wildman–Crippen MR) is 150 cm³/mol. The Balaban J connectivity index is 2.67. The van der Waals surface area contributed by atoms with E-state index >= 15 is 0 Å². The maximum Gasteiger partial charge on any atom is 0.138 e. The molecule has 32 heavy (non-hydrogen) atoms. The molecule has 180 valence electrons. The highest BCUT2D eigenvalue weighted by Gasteiger charge is 2.35. The molecule has 0 unspecified atom stereocenters. The largest absolute Gasteiger partial charge is 0.138 e. The molecule has 2 fully saturated rings. The SMILES string of the molecule is CC(C)(C)[Si](C)(C)C#CC(=C(C#C[Si](C)(C)C(C)(C)C)C1CCCCC1)C1CCCCC1. The van der Waals surface area contributed by atoms with E-state index in [1.807, 2.05) is 0 Å². The highest BCUT2D eigenvalue weighted by atomic mass is 28.3. The first-order valence-electron chi connectivity index (χ1n) is 13.5. The summed E-state index contributed by atoms with van der Waals surface area (Å²) in [6, 6.07) is 0. The molecule has 0 aromatic heterocycles. The number of hydrogen-bond donors (Lipinski definition) is 0. The van der Waals surface area contributed by atoms with Gasteiger partial charge in [-0.2, -0.15) is 0 Å². The zero-order valence-electron chi connectivity index (χ0n) is 23.2. The van der Waals surface area contributed by atoms with Crippen molar-refractivity contribution in [1.29, 1.82) is 0 Å². The maximum atomic E-state index is 3.92. The van der Waals surface area contributed by atoms with Gasteiger partial charge in [0.15, 0.2) is 0 Å². The Hall–Kier alpha value is -0.706. The summed E-state index contributed by atoms with van der Waals surface area (Å²) >= 11 is 0. The van der Waals surface area contributed by atoms with Gasteiger partial charge in [0.2, 0.25) is 0 Å². The van der Waals surface area contributed by atoms with Crippen LogP contribution in [0.3, 0.4) is 0 Å². The fourth-order valence-corrected chi connectivity index (χ4v) is 6.03. The lowest BCUT2D eigenvalue weighted by molar-refractivity contribution is 0.386. The lowest BCUT2D eigenvalue weighted by atomic mass is 9.76. The zero-order chi connectivity index (χ0) is 24.2. The van der Waals surface area contributed by atoms with Gasteiger partial charge in [0, 0.05) is 11.1 Å². The Bertz CT molecular complexity index is 710. The summed E-state index contributed by atoms with van der Waals surface area (Å²) in [5, 5.41) is 0.602. The predicted octanol–water partition coefficient (Wildman–Crippen LogP) is 9.55. The second-order valence-electron chi connectivity index (χ2n) is 13.7. The van der Waals surface area contributed by atoms with Crippen LogP contribution in [0.15, 0.2) is 11.1 Å². The molecule has 0 radical (unpaired) electrons. The third-order valence-electron chi connectivity index (χ3n) is 9.09. The van der Waals surface area contributed by atoms with Crippen molar-refractivity contribution in [3.05, 3.63) is 11.1 Å². The van der Waals surface area contributed by atoms with Crippen LogP contribution in [0.5, 0.6) is 0 Å². The quantitative estimate of drug-likeness (QED) is 0.279. The molecule has 0 amide bonds. The molecule has 2 rings (SSSR count). The Morgan fingerprint density at radius 2 is 0.812 bits per heavy atom. The van der Waals surface area contributed by atoms with Crippen LogP contribution in [0, 0.1) is 34.8 Å². The van der Waals surface area contributed by atoms with Crippen molar-refractivity contribution in [2.24, 2.45) is 11.8 Å². The Morgan fingerprint density at radius 1 is 0.531 bits per heavy atom. The van der Waals surface area contributed by atoms with Gasteiger partial charge < -0.3 is 0 Å². The van der Waals surface area contributed by atoms with Crippen molar-refractivity contribution in [1.82, 2.24) is 0 Å². The Labute approximate surface area is 203 Å². The Morgan fingerprint density at radius 3 is 1.06 bits per heavy atom. The van der Waals surface area contributed by atoms with Crippen LogP contribution >= 0.6 is 0 Å². The van der Waals surface area contributed by atoms with Crippen LogP contribution < -0.4 is 0 Å². The van der Waals surface area contributed by atoms with Crippen LogP contribution in [0.1, 0.15) is 106 Å². The molecule has 0 N–H and O–H groups in total. The van der Waals surface area contributed by atoms with Crippen LogP contribution in [-0.2, 0) is 0 Å². The van der Waals surface area contributed by atoms with Crippen molar-refractivity contribution in [3.8, 4) is 22.9 Å². The van der Waals surface area contributed by atoms with E-state index in [0.717, 1.165) is 0 Å². The lowest BCUT2D eigenvalue weighted by Gasteiger charge is -2.33. The highest BCUT2D eigenvalue weighted by Crippen LogP contribution is 2.40. The molecule has 2 heteroatoms. The standard InChI is InChI=1S/C30H52Si2/c1-29(2,3)31(7,8)23-21-27(25-17-13-11-14-18-25)28(26-19-15-12-16-20-26)22-24-32(9,10)30(4,5)6/h25-26H,11-20H2,1-10H3. The van der Waals surface area contributed by atoms with Gasteiger partial charge in [-0.25, -0.2) is 0 Å². The molecule has 0 bridgehead atoms. The molecule has 2 aliphatic carbocycles. The topological polar surface area (TPSA) is 0 Å². The molecule has 0 saturated heterocycles. The van der Waals surface area contributed by atoms with Crippen LogP contribution in [0.25, 0.3) is 0 Å². The van der Waals surface area contributed by atoms with Crippen molar-refractivity contribution in [3.63, 3.8) is 0 Å². The zero-order valence-corrected chi connectivity index (χ0v) is 25.2. The van der Waals surface area contributed by atoms with E-state index in [9.17, 15) is 0 Å². The van der Waals surface area contributed by atoms with Gasteiger partial charge in [-0.1, -0.05) is 118 Å². The smallest absolute Gasteiger partial charge is 0.126 e. The maximum absolute atomic E-state index is 3.92. The van der Waals surface area contributed by atoms with Gasteiger partial charge in [-0.3, -0.25) is 0 Å². The number of hydrogen-bond acceptors (Lipinski definition) is 0. The summed E-state index contributed by atoms with van der Waals surface area (Å²) < 4.78 is 0. The molecule has 0 aromatic rings. The van der Waals surface area contributed by atoms with Gasteiger partial charge in [-0.05, 0) is 47.6 Å². The van der Waals surface area contributed by atoms with E-state index in [2.05, 4.69) is 90.7 Å². The summed E-state index contributed by atoms with van der Waals surface area (Å²) in [4.78, 5) is 0. The Kier molecular flexibility index (Phi) is 9.21. The minimum atomic E-state index is -1.65. The molecule has 0 spiro atoms. The summed E-state index contributed by atoms with van der Waals surface area (Å²) in [7, 11) is -3.30. The molecule has 0 aromatic carbocycles. The third kappa shape index (κ3) is 7.14. The molecule has 0 nitrogen and oxygen atoms in total. The van der Waals surface area contributed by atoms with E-state index < -0.39 is 16.1 Å². The van der Waals surface area contributed by atoms with Crippen LogP contribution in [-0.4, -0.2) is 16.1 Å². The summed E-state index contributed by atoms with van der Waals surface area (Å²) in [5.41, 5.74) is 10.8. The van der Waals surface area contributed by atoms with Gasteiger partial charge in [0.25, 0.3) is 0 Å². The molecule has 0 aliphatic heterocycles. The summed E-state index contributed by atoms with van der Waals surface area (Å²) in [6.45, 7) is 24.2. The van der Waals surface area contributed by atoms with E-state index in [-0.39, 0.29) is 0 Å². The van der Waals surface area contributed by atoms with E-state index in [0.29, 0.717) is 21.9 Å². The molecule has 0 heterocycles. The first kappa shape index (κ1) is 27.5. The average Bonchev–Trinajstić information content (AvgIpc) is 2.70. The second-order valence-corrected chi connectivity index (χ2v) is 23.7. The summed E-state index contributed by atoms with van der Waals surface area (Å²) in [6.07, 6.45) is 13.5. The second kappa shape index (κ2) is 10.7. The van der Waals surface area contributed by atoms with Crippen molar-refractivity contribution in [2.45, 2.75) is 142 Å². The highest BCUT2D eigenvalue weighted by molar-refractivity contribution is 6.88. The average molecular weight is 469 g/mol.